The zero-order valence-electron chi connectivity index (χ0n) is 10.2. The molecule has 1 unspecified atom stereocenters. The Morgan fingerprint density at radius 2 is 2.18 bits per heavy atom. The summed E-state index contributed by atoms with van der Waals surface area (Å²) in [4.78, 5) is 9.07. The molecule has 2 heterocycles. The highest BCUT2D eigenvalue weighted by atomic mass is 32.2. The number of hydrogen-bond acceptors (Lipinski definition) is 7. The Bertz CT molecular complexity index is 402. The van der Waals surface area contributed by atoms with Gasteiger partial charge in [-0.05, 0) is 19.4 Å². The lowest BCUT2D eigenvalue weighted by molar-refractivity contribution is 0.300. The van der Waals surface area contributed by atoms with Crippen molar-refractivity contribution in [3.05, 3.63) is 10.6 Å². The summed E-state index contributed by atoms with van der Waals surface area (Å²) >= 11 is 3.28. The van der Waals surface area contributed by atoms with Gasteiger partial charge in [0.15, 0.2) is 0 Å². The molecule has 2 aliphatic heterocycles. The van der Waals surface area contributed by atoms with E-state index in [2.05, 4.69) is 15.3 Å². The number of thioether (sulfide) groups is 2. The second kappa shape index (κ2) is 5.32. The normalized spacial score (nSPS) is 24.7. The van der Waals surface area contributed by atoms with Crippen LogP contribution in [-0.4, -0.2) is 47.7 Å². The number of nitrogens with zero attached hydrogens (tertiary/aromatic N) is 3. The minimum atomic E-state index is -0.0225. The number of hydrogen-bond donors (Lipinski definition) is 2. The van der Waals surface area contributed by atoms with Crippen LogP contribution in [0.4, 0.5) is 0 Å². The van der Waals surface area contributed by atoms with E-state index in [-0.39, 0.29) is 6.17 Å². The Labute approximate surface area is 110 Å². The monoisotopic (exact) mass is 271 g/mol. The lowest BCUT2D eigenvalue weighted by atomic mass is 10.2. The van der Waals surface area contributed by atoms with Crippen LogP contribution in [0.25, 0.3) is 0 Å². The van der Waals surface area contributed by atoms with Crippen molar-refractivity contribution in [1.82, 2.24) is 10.3 Å². The smallest absolute Gasteiger partial charge is 0.134 e. The summed E-state index contributed by atoms with van der Waals surface area (Å²) in [6.45, 7) is 3.71. The SMILES string of the molecule is CSC1=NC(C)N(N)C(SC)=C1C1=NCCN1. The average molecular weight is 271 g/mol. The Morgan fingerprint density at radius 1 is 1.41 bits per heavy atom. The highest BCUT2D eigenvalue weighted by molar-refractivity contribution is 8.14. The van der Waals surface area contributed by atoms with Gasteiger partial charge in [-0.25, -0.2) is 5.84 Å². The summed E-state index contributed by atoms with van der Waals surface area (Å²) < 4.78 is 0. The minimum absolute atomic E-state index is 0.0225. The first-order valence-electron chi connectivity index (χ1n) is 5.42. The molecule has 0 bridgehead atoms. The van der Waals surface area contributed by atoms with E-state index in [0.29, 0.717) is 0 Å². The van der Waals surface area contributed by atoms with Crippen LogP contribution in [0.5, 0.6) is 0 Å². The number of nitrogens with two attached hydrogens (primary N) is 1. The molecule has 17 heavy (non-hydrogen) atoms. The van der Waals surface area contributed by atoms with Crippen LogP contribution in [0.1, 0.15) is 6.92 Å². The van der Waals surface area contributed by atoms with Gasteiger partial charge in [-0.3, -0.25) is 15.0 Å². The lowest BCUT2D eigenvalue weighted by Gasteiger charge is -2.32. The Hall–Kier alpha value is -0.660. The molecule has 2 aliphatic rings. The van der Waals surface area contributed by atoms with E-state index in [1.54, 1.807) is 28.5 Å². The zero-order chi connectivity index (χ0) is 12.4. The van der Waals surface area contributed by atoms with Crippen LogP contribution in [-0.2, 0) is 0 Å². The summed E-state index contributed by atoms with van der Waals surface area (Å²) in [5.41, 5.74) is 1.04. The van der Waals surface area contributed by atoms with Gasteiger partial charge in [0.25, 0.3) is 0 Å². The number of nitrogens with one attached hydrogen (secondary N) is 1. The highest BCUT2D eigenvalue weighted by Crippen LogP contribution is 2.30. The molecule has 0 aromatic rings. The summed E-state index contributed by atoms with van der Waals surface area (Å²) in [6.07, 6.45) is 4.04. The van der Waals surface area contributed by atoms with Crippen LogP contribution in [0.2, 0.25) is 0 Å². The molecule has 0 aliphatic carbocycles. The van der Waals surface area contributed by atoms with Crippen molar-refractivity contribution in [2.75, 3.05) is 25.6 Å². The maximum Gasteiger partial charge on any atom is 0.134 e. The van der Waals surface area contributed by atoms with Crippen molar-refractivity contribution in [2.24, 2.45) is 15.8 Å². The van der Waals surface area contributed by atoms with Gasteiger partial charge in [-0.1, -0.05) is 0 Å². The predicted molar refractivity (Wildman–Crippen MR) is 77.3 cm³/mol. The molecule has 0 aromatic heterocycles. The van der Waals surface area contributed by atoms with Gasteiger partial charge in [-0.2, -0.15) is 0 Å². The minimum Gasteiger partial charge on any atom is -0.368 e. The first kappa shape index (κ1) is 12.8. The van der Waals surface area contributed by atoms with E-state index < -0.39 is 0 Å². The topological polar surface area (TPSA) is 66.0 Å². The largest absolute Gasteiger partial charge is 0.368 e. The summed E-state index contributed by atoms with van der Waals surface area (Å²) in [6, 6.07) is 0. The van der Waals surface area contributed by atoms with Crippen LogP contribution in [0.15, 0.2) is 20.6 Å². The van der Waals surface area contributed by atoms with E-state index in [9.17, 15) is 0 Å². The standard InChI is InChI=1S/C10H17N5S2/c1-6-14-9(16-2)7(8-12-4-5-13-8)10(17-3)15(6)11/h6H,4-5,11H2,1-3H3,(H,12,13). The average Bonchev–Trinajstić information content (AvgIpc) is 2.85. The molecule has 0 radical (unpaired) electrons. The Morgan fingerprint density at radius 3 is 2.71 bits per heavy atom. The second-order valence-electron chi connectivity index (χ2n) is 3.72. The van der Waals surface area contributed by atoms with Gasteiger partial charge in [0.1, 0.15) is 22.1 Å². The van der Waals surface area contributed by atoms with Gasteiger partial charge in [0.2, 0.25) is 0 Å². The maximum absolute atomic E-state index is 6.06. The maximum atomic E-state index is 6.06. The zero-order valence-corrected chi connectivity index (χ0v) is 11.9. The van der Waals surface area contributed by atoms with Crippen molar-refractivity contribution in [3.8, 4) is 0 Å². The van der Waals surface area contributed by atoms with E-state index in [0.717, 1.165) is 34.6 Å². The van der Waals surface area contributed by atoms with E-state index in [1.165, 1.54) is 0 Å². The van der Waals surface area contributed by atoms with Crippen LogP contribution < -0.4 is 11.2 Å². The quantitative estimate of drug-likeness (QED) is 0.729. The highest BCUT2D eigenvalue weighted by Gasteiger charge is 2.29. The molecule has 0 saturated carbocycles. The molecule has 0 fully saturated rings. The van der Waals surface area contributed by atoms with Crippen molar-refractivity contribution < 1.29 is 0 Å². The van der Waals surface area contributed by atoms with Gasteiger partial charge >= 0.3 is 0 Å². The molecule has 0 amide bonds. The molecule has 0 saturated heterocycles. The molecule has 2 rings (SSSR count). The third-order valence-corrected chi connectivity index (χ3v) is 4.16. The molecule has 7 heteroatoms. The first-order valence-corrected chi connectivity index (χ1v) is 7.87. The number of aliphatic imine (C=N–C) groups is 2. The molecule has 0 aromatic carbocycles. The third kappa shape index (κ3) is 2.31. The fraction of sp³-hybridized carbons (Fsp3) is 0.600. The van der Waals surface area contributed by atoms with Crippen molar-refractivity contribution >= 4 is 34.4 Å². The van der Waals surface area contributed by atoms with Crippen LogP contribution in [0.3, 0.4) is 0 Å². The number of amidine groups is 1. The van der Waals surface area contributed by atoms with Gasteiger partial charge in [-0.15, -0.1) is 23.5 Å². The molecule has 94 valence electrons. The number of rotatable bonds is 2. The van der Waals surface area contributed by atoms with Crippen molar-refractivity contribution in [2.45, 2.75) is 13.1 Å². The van der Waals surface area contributed by atoms with Gasteiger partial charge in [0.05, 0.1) is 12.1 Å². The molecular weight excluding hydrogens is 254 g/mol. The molecular formula is C10H17N5S2. The second-order valence-corrected chi connectivity index (χ2v) is 5.31. The molecule has 0 spiro atoms. The van der Waals surface area contributed by atoms with Crippen molar-refractivity contribution in [3.63, 3.8) is 0 Å². The fourth-order valence-corrected chi connectivity index (χ4v) is 3.30. The van der Waals surface area contributed by atoms with Crippen molar-refractivity contribution in [1.29, 1.82) is 0 Å². The third-order valence-electron chi connectivity index (χ3n) is 2.67. The predicted octanol–water partition coefficient (Wildman–Crippen LogP) is 0.859. The fourth-order valence-electron chi connectivity index (χ4n) is 1.82. The Kier molecular flexibility index (Phi) is 4.01. The Balaban J connectivity index is 2.46. The number of hydrazine groups is 1. The van der Waals surface area contributed by atoms with Crippen LogP contribution in [0, 0.1) is 0 Å². The summed E-state index contributed by atoms with van der Waals surface area (Å²) in [5.74, 6) is 6.98. The van der Waals surface area contributed by atoms with E-state index >= 15 is 0 Å². The van der Waals surface area contributed by atoms with E-state index in [4.69, 9.17) is 5.84 Å². The summed E-state index contributed by atoms with van der Waals surface area (Å²) in [7, 11) is 0. The van der Waals surface area contributed by atoms with E-state index in [1.807, 2.05) is 19.4 Å². The molecule has 5 nitrogen and oxygen atoms in total. The first-order chi connectivity index (χ1) is 8.19. The lowest BCUT2D eigenvalue weighted by Crippen LogP contribution is -2.43. The molecule has 1 atom stereocenters. The van der Waals surface area contributed by atoms with Gasteiger partial charge in [0, 0.05) is 6.54 Å². The summed E-state index contributed by atoms with van der Waals surface area (Å²) in [5, 5.41) is 7.05. The molecule has 3 N–H and O–H groups in total. The van der Waals surface area contributed by atoms with Gasteiger partial charge < -0.3 is 5.32 Å². The van der Waals surface area contributed by atoms with Crippen LogP contribution >= 0.6 is 23.5 Å².